The number of nitrogens with two attached hydrogens (primary N) is 1. The van der Waals surface area contributed by atoms with Crippen molar-refractivity contribution in [3.63, 3.8) is 0 Å². The maximum Gasteiger partial charge on any atom is 0.298 e. The third-order valence-corrected chi connectivity index (χ3v) is 3.61. The van der Waals surface area contributed by atoms with Crippen LogP contribution in [0.15, 0.2) is 28.0 Å². The number of fused-ring (bicyclic) bond motifs is 1. The number of benzene rings is 1. The monoisotopic (exact) mass is 274 g/mol. The molecule has 0 saturated heterocycles. The number of aryl methyl sites for hydroxylation is 1. The number of rotatable bonds is 3. The molecule has 0 bridgehead atoms. The molecular weight excluding hydrogens is 260 g/mol. The van der Waals surface area contributed by atoms with E-state index < -0.39 is 0 Å². The molecule has 3 aromatic rings. The van der Waals surface area contributed by atoms with Crippen LogP contribution in [0.25, 0.3) is 11.1 Å². The van der Waals surface area contributed by atoms with Gasteiger partial charge in [0.15, 0.2) is 5.58 Å². The Morgan fingerprint density at radius 3 is 2.95 bits per heavy atom. The zero-order valence-corrected chi connectivity index (χ0v) is 11.6. The smallest absolute Gasteiger partial charge is 0.298 e. The molecule has 2 heterocycles. The van der Waals surface area contributed by atoms with Crippen molar-refractivity contribution in [3.8, 4) is 0 Å². The second kappa shape index (κ2) is 4.55. The van der Waals surface area contributed by atoms with E-state index in [4.69, 9.17) is 10.2 Å². The molecule has 0 fully saturated rings. The molecule has 0 aliphatic rings. The van der Waals surface area contributed by atoms with Gasteiger partial charge in [0.05, 0.1) is 17.2 Å². The van der Waals surface area contributed by atoms with E-state index in [-0.39, 0.29) is 0 Å². The number of anilines is 2. The largest absolute Gasteiger partial charge is 0.423 e. The van der Waals surface area contributed by atoms with E-state index in [0.717, 1.165) is 21.8 Å². The van der Waals surface area contributed by atoms with Crippen molar-refractivity contribution in [2.24, 2.45) is 0 Å². The van der Waals surface area contributed by atoms with Gasteiger partial charge in [0.2, 0.25) is 0 Å². The average molecular weight is 274 g/mol. The van der Waals surface area contributed by atoms with Gasteiger partial charge in [-0.3, -0.25) is 0 Å². The fourth-order valence-corrected chi connectivity index (χ4v) is 2.49. The molecule has 0 saturated carbocycles. The van der Waals surface area contributed by atoms with E-state index in [0.29, 0.717) is 18.2 Å². The van der Waals surface area contributed by atoms with Crippen LogP contribution in [0.2, 0.25) is 0 Å². The highest BCUT2D eigenvalue weighted by Gasteiger charge is 2.12. The summed E-state index contributed by atoms with van der Waals surface area (Å²) < 4.78 is 5.70. The third kappa shape index (κ3) is 2.39. The number of thiazole rings is 1. The minimum absolute atomic E-state index is 0.575. The van der Waals surface area contributed by atoms with Crippen molar-refractivity contribution in [1.29, 1.82) is 0 Å². The highest BCUT2D eigenvalue weighted by molar-refractivity contribution is 7.09. The summed E-state index contributed by atoms with van der Waals surface area (Å²) >= 11 is 1.64. The molecule has 0 aliphatic heterocycles. The lowest BCUT2D eigenvalue weighted by Gasteiger charge is -2.11. The van der Waals surface area contributed by atoms with E-state index in [9.17, 15) is 0 Å². The van der Waals surface area contributed by atoms with Crippen molar-refractivity contribution in [1.82, 2.24) is 9.97 Å². The lowest BCUT2D eigenvalue weighted by Crippen LogP contribution is -2.16. The molecule has 0 spiro atoms. The number of nitrogens with zero attached hydrogens (tertiary/aromatic N) is 3. The van der Waals surface area contributed by atoms with Gasteiger partial charge in [-0.2, -0.15) is 4.98 Å². The lowest BCUT2D eigenvalue weighted by molar-refractivity contribution is 0.581. The van der Waals surface area contributed by atoms with Gasteiger partial charge in [-0.25, -0.2) is 4.98 Å². The molecule has 19 heavy (non-hydrogen) atoms. The van der Waals surface area contributed by atoms with Crippen LogP contribution >= 0.6 is 11.3 Å². The first-order chi connectivity index (χ1) is 9.11. The Hall–Kier alpha value is -2.08. The SMILES string of the molecule is Cc1nc(CN(C)c2nc3cc(N)ccc3o2)cs1. The van der Waals surface area contributed by atoms with E-state index in [1.54, 1.807) is 17.4 Å². The van der Waals surface area contributed by atoms with Gasteiger partial charge in [-0.05, 0) is 25.1 Å². The molecule has 1 aromatic carbocycles. The van der Waals surface area contributed by atoms with Crippen molar-refractivity contribution in [2.75, 3.05) is 17.7 Å². The van der Waals surface area contributed by atoms with Gasteiger partial charge in [-0.1, -0.05) is 0 Å². The molecule has 3 rings (SSSR count). The van der Waals surface area contributed by atoms with E-state index in [1.807, 2.05) is 36.4 Å². The van der Waals surface area contributed by atoms with E-state index in [2.05, 4.69) is 9.97 Å². The highest BCUT2D eigenvalue weighted by Crippen LogP contribution is 2.24. The van der Waals surface area contributed by atoms with Gasteiger partial charge in [0.25, 0.3) is 6.01 Å². The normalized spacial score (nSPS) is 11.1. The Morgan fingerprint density at radius 1 is 1.37 bits per heavy atom. The molecule has 0 atom stereocenters. The van der Waals surface area contributed by atoms with Crippen LogP contribution in [-0.2, 0) is 6.54 Å². The number of aromatic nitrogens is 2. The minimum Gasteiger partial charge on any atom is -0.423 e. The van der Waals surface area contributed by atoms with Crippen molar-refractivity contribution in [2.45, 2.75) is 13.5 Å². The van der Waals surface area contributed by atoms with Crippen molar-refractivity contribution >= 4 is 34.1 Å². The third-order valence-electron chi connectivity index (χ3n) is 2.79. The maximum absolute atomic E-state index is 5.73. The van der Waals surface area contributed by atoms with Crippen LogP contribution in [-0.4, -0.2) is 17.0 Å². The van der Waals surface area contributed by atoms with Crippen LogP contribution < -0.4 is 10.6 Å². The summed E-state index contributed by atoms with van der Waals surface area (Å²) in [6.07, 6.45) is 0. The topological polar surface area (TPSA) is 68.2 Å². The van der Waals surface area contributed by atoms with Gasteiger partial charge in [0.1, 0.15) is 5.52 Å². The average Bonchev–Trinajstić information content (AvgIpc) is 2.95. The number of oxazole rings is 1. The standard InChI is InChI=1S/C13H14N4OS/c1-8-15-10(7-19-8)6-17(2)13-16-11-5-9(14)3-4-12(11)18-13/h3-5,7H,6,14H2,1-2H3. The Balaban J connectivity index is 1.86. The molecule has 2 aromatic heterocycles. The molecule has 5 nitrogen and oxygen atoms in total. The summed E-state index contributed by atoms with van der Waals surface area (Å²) in [5.41, 5.74) is 8.95. The van der Waals surface area contributed by atoms with E-state index in [1.165, 1.54) is 0 Å². The summed E-state index contributed by atoms with van der Waals surface area (Å²) in [6.45, 7) is 2.67. The zero-order valence-electron chi connectivity index (χ0n) is 10.8. The first kappa shape index (κ1) is 12.0. The van der Waals surface area contributed by atoms with Crippen molar-refractivity contribution in [3.05, 3.63) is 34.3 Å². The van der Waals surface area contributed by atoms with Crippen LogP contribution in [0.4, 0.5) is 11.7 Å². The number of nitrogen functional groups attached to an aromatic ring is 1. The van der Waals surface area contributed by atoms with Crippen LogP contribution in [0.5, 0.6) is 0 Å². The molecule has 6 heteroatoms. The van der Waals surface area contributed by atoms with Crippen LogP contribution in [0.3, 0.4) is 0 Å². The van der Waals surface area contributed by atoms with Crippen molar-refractivity contribution < 1.29 is 4.42 Å². The van der Waals surface area contributed by atoms with Gasteiger partial charge in [0, 0.05) is 18.1 Å². The Bertz CT molecular complexity index is 718. The summed E-state index contributed by atoms with van der Waals surface area (Å²) in [5, 5.41) is 3.11. The van der Waals surface area contributed by atoms with Gasteiger partial charge < -0.3 is 15.1 Å². The summed E-state index contributed by atoms with van der Waals surface area (Å²) in [4.78, 5) is 10.8. The summed E-state index contributed by atoms with van der Waals surface area (Å²) in [5.74, 6) is 0. The van der Waals surface area contributed by atoms with Gasteiger partial charge >= 0.3 is 0 Å². The number of hydrogen-bond acceptors (Lipinski definition) is 6. The summed E-state index contributed by atoms with van der Waals surface area (Å²) in [6, 6.07) is 6.03. The molecular formula is C13H14N4OS. The fourth-order valence-electron chi connectivity index (χ4n) is 1.89. The quantitative estimate of drug-likeness (QED) is 0.744. The predicted molar refractivity (Wildman–Crippen MR) is 77.4 cm³/mol. The van der Waals surface area contributed by atoms with Crippen LogP contribution in [0, 0.1) is 6.92 Å². The first-order valence-corrected chi connectivity index (χ1v) is 6.78. The fraction of sp³-hybridized carbons (Fsp3) is 0.231. The zero-order chi connectivity index (χ0) is 13.4. The molecule has 0 unspecified atom stereocenters. The molecule has 98 valence electrons. The highest BCUT2D eigenvalue weighted by atomic mass is 32.1. The second-order valence-electron chi connectivity index (χ2n) is 4.44. The van der Waals surface area contributed by atoms with Gasteiger partial charge in [-0.15, -0.1) is 11.3 Å². The maximum atomic E-state index is 5.73. The Kier molecular flexibility index (Phi) is 2.87. The second-order valence-corrected chi connectivity index (χ2v) is 5.50. The first-order valence-electron chi connectivity index (χ1n) is 5.90. The van der Waals surface area contributed by atoms with Crippen LogP contribution in [0.1, 0.15) is 10.7 Å². The summed E-state index contributed by atoms with van der Waals surface area (Å²) in [7, 11) is 1.93. The molecule has 0 aliphatic carbocycles. The Morgan fingerprint density at radius 2 is 2.21 bits per heavy atom. The van der Waals surface area contributed by atoms with E-state index >= 15 is 0 Å². The predicted octanol–water partition coefficient (Wildman–Crippen LogP) is 2.81. The Labute approximate surface area is 114 Å². The lowest BCUT2D eigenvalue weighted by atomic mass is 10.3. The minimum atomic E-state index is 0.575. The molecule has 0 amide bonds. The number of hydrogen-bond donors (Lipinski definition) is 1. The molecule has 2 N–H and O–H groups in total. The molecule has 0 radical (unpaired) electrons.